The molecule has 0 spiro atoms. The molecule has 0 radical (unpaired) electrons. The number of nitrogen functional groups attached to an aromatic ring is 1. The van der Waals surface area contributed by atoms with E-state index in [1.807, 2.05) is 43.3 Å². The van der Waals surface area contributed by atoms with Crippen molar-refractivity contribution in [2.45, 2.75) is 6.92 Å². The van der Waals surface area contributed by atoms with E-state index in [1.165, 1.54) is 0 Å². The van der Waals surface area contributed by atoms with Crippen LogP contribution in [0.15, 0.2) is 42.5 Å². The number of rotatable bonds is 1. The van der Waals surface area contributed by atoms with Crippen molar-refractivity contribution in [3.05, 3.63) is 48.0 Å². The Morgan fingerprint density at radius 1 is 1.17 bits per heavy atom. The lowest BCUT2D eigenvalue weighted by atomic mass is 10.2. The predicted molar refractivity (Wildman–Crippen MR) is 71.9 cm³/mol. The van der Waals surface area contributed by atoms with E-state index in [9.17, 15) is 5.11 Å². The van der Waals surface area contributed by atoms with Crippen LogP contribution in [0.4, 0.5) is 5.95 Å². The molecule has 0 aliphatic rings. The second-order valence-electron chi connectivity index (χ2n) is 4.29. The predicted octanol–water partition coefficient (Wildman–Crippen LogP) is 2.62. The SMILES string of the molecule is Cc1ccc(O)c(-n2c(N)nc3ccccc32)c1. The molecule has 90 valence electrons. The van der Waals surface area contributed by atoms with Gasteiger partial charge < -0.3 is 10.8 Å². The average Bonchev–Trinajstić information content (AvgIpc) is 2.68. The van der Waals surface area contributed by atoms with Crippen molar-refractivity contribution < 1.29 is 5.11 Å². The molecule has 0 aliphatic carbocycles. The van der Waals surface area contributed by atoms with Crippen LogP contribution < -0.4 is 5.73 Å². The Morgan fingerprint density at radius 3 is 2.78 bits per heavy atom. The molecule has 4 heteroatoms. The molecule has 3 N–H and O–H groups in total. The van der Waals surface area contributed by atoms with Crippen molar-refractivity contribution in [3.8, 4) is 11.4 Å². The van der Waals surface area contributed by atoms with Crippen LogP contribution in [0.1, 0.15) is 5.56 Å². The van der Waals surface area contributed by atoms with E-state index >= 15 is 0 Å². The molecule has 0 fully saturated rings. The number of hydrogen-bond acceptors (Lipinski definition) is 3. The number of para-hydroxylation sites is 2. The number of hydrogen-bond donors (Lipinski definition) is 2. The summed E-state index contributed by atoms with van der Waals surface area (Å²) in [6.07, 6.45) is 0. The molecule has 0 amide bonds. The van der Waals surface area contributed by atoms with Crippen LogP contribution in [-0.4, -0.2) is 14.7 Å². The van der Waals surface area contributed by atoms with Gasteiger partial charge in [0.05, 0.1) is 16.7 Å². The first-order valence-electron chi connectivity index (χ1n) is 5.70. The van der Waals surface area contributed by atoms with Gasteiger partial charge in [-0.1, -0.05) is 18.2 Å². The lowest BCUT2D eigenvalue weighted by Gasteiger charge is -2.09. The summed E-state index contributed by atoms with van der Waals surface area (Å²) >= 11 is 0. The number of anilines is 1. The van der Waals surface area contributed by atoms with Crippen molar-refractivity contribution in [2.75, 3.05) is 5.73 Å². The van der Waals surface area contributed by atoms with Gasteiger partial charge in [0.2, 0.25) is 5.95 Å². The number of aryl methyl sites for hydroxylation is 1. The molecular weight excluding hydrogens is 226 g/mol. The number of aromatic nitrogens is 2. The van der Waals surface area contributed by atoms with Gasteiger partial charge in [-0.3, -0.25) is 4.57 Å². The first-order chi connectivity index (χ1) is 8.66. The molecule has 3 rings (SSSR count). The van der Waals surface area contributed by atoms with Gasteiger partial charge >= 0.3 is 0 Å². The smallest absolute Gasteiger partial charge is 0.206 e. The molecule has 3 aromatic rings. The molecule has 0 saturated heterocycles. The van der Waals surface area contributed by atoms with Crippen LogP contribution in [0.25, 0.3) is 16.7 Å². The zero-order valence-corrected chi connectivity index (χ0v) is 9.96. The summed E-state index contributed by atoms with van der Waals surface area (Å²) in [7, 11) is 0. The number of nitrogens with two attached hydrogens (primary N) is 1. The lowest BCUT2D eigenvalue weighted by Crippen LogP contribution is -2.01. The minimum Gasteiger partial charge on any atom is -0.506 e. The Balaban J connectivity index is 2.37. The molecule has 18 heavy (non-hydrogen) atoms. The second kappa shape index (κ2) is 3.77. The quantitative estimate of drug-likeness (QED) is 0.686. The minimum absolute atomic E-state index is 0.190. The molecule has 4 nitrogen and oxygen atoms in total. The number of phenolic OH excluding ortho intramolecular Hbond substituents is 1. The summed E-state index contributed by atoms with van der Waals surface area (Å²) in [5.41, 5.74) is 9.36. The van der Waals surface area contributed by atoms with E-state index < -0.39 is 0 Å². The number of fused-ring (bicyclic) bond motifs is 1. The standard InChI is InChI=1S/C14H13N3O/c1-9-6-7-13(18)12(8-9)17-11-5-3-2-4-10(11)16-14(17)15/h2-8,18H,1H3,(H2,15,16). The molecular formula is C14H13N3O. The van der Waals surface area contributed by atoms with E-state index in [-0.39, 0.29) is 5.75 Å². The molecule has 0 saturated carbocycles. The van der Waals surface area contributed by atoms with E-state index in [0.29, 0.717) is 11.6 Å². The van der Waals surface area contributed by atoms with E-state index in [4.69, 9.17) is 5.73 Å². The fraction of sp³-hybridized carbons (Fsp3) is 0.0714. The topological polar surface area (TPSA) is 64.1 Å². The van der Waals surface area contributed by atoms with Crippen LogP contribution in [0.5, 0.6) is 5.75 Å². The number of imidazole rings is 1. The normalized spacial score (nSPS) is 10.9. The van der Waals surface area contributed by atoms with Crippen LogP contribution in [0.2, 0.25) is 0 Å². The monoisotopic (exact) mass is 239 g/mol. The summed E-state index contributed by atoms with van der Waals surface area (Å²) < 4.78 is 1.76. The second-order valence-corrected chi connectivity index (χ2v) is 4.29. The third-order valence-corrected chi connectivity index (χ3v) is 2.96. The summed E-state index contributed by atoms with van der Waals surface area (Å²) in [6.45, 7) is 1.97. The van der Waals surface area contributed by atoms with Crippen LogP contribution >= 0.6 is 0 Å². The molecule has 1 heterocycles. The number of benzene rings is 2. The van der Waals surface area contributed by atoms with Gasteiger partial charge in [-0.15, -0.1) is 0 Å². The lowest BCUT2D eigenvalue weighted by molar-refractivity contribution is 0.472. The molecule has 0 aliphatic heterocycles. The maximum atomic E-state index is 9.99. The van der Waals surface area contributed by atoms with Crippen LogP contribution in [-0.2, 0) is 0 Å². The van der Waals surface area contributed by atoms with Gasteiger partial charge in [-0.05, 0) is 36.8 Å². The van der Waals surface area contributed by atoms with Gasteiger partial charge in [-0.2, -0.15) is 0 Å². The zero-order valence-electron chi connectivity index (χ0n) is 9.96. The van der Waals surface area contributed by atoms with Crippen molar-refractivity contribution in [1.29, 1.82) is 0 Å². The number of aromatic hydroxyl groups is 1. The highest BCUT2D eigenvalue weighted by Gasteiger charge is 2.12. The maximum Gasteiger partial charge on any atom is 0.206 e. The van der Waals surface area contributed by atoms with Gasteiger partial charge in [0.15, 0.2) is 0 Å². The van der Waals surface area contributed by atoms with Crippen molar-refractivity contribution in [1.82, 2.24) is 9.55 Å². The molecule has 0 unspecified atom stereocenters. The van der Waals surface area contributed by atoms with Crippen molar-refractivity contribution >= 4 is 17.0 Å². The maximum absolute atomic E-state index is 9.99. The highest BCUT2D eigenvalue weighted by Crippen LogP contribution is 2.29. The number of nitrogens with zero attached hydrogens (tertiary/aromatic N) is 2. The highest BCUT2D eigenvalue weighted by atomic mass is 16.3. The van der Waals surface area contributed by atoms with E-state index in [2.05, 4.69) is 4.98 Å². The van der Waals surface area contributed by atoms with Gasteiger partial charge in [-0.25, -0.2) is 4.98 Å². The summed E-state index contributed by atoms with van der Waals surface area (Å²) in [5.74, 6) is 0.563. The molecule has 0 atom stereocenters. The summed E-state index contributed by atoms with van der Waals surface area (Å²) in [4.78, 5) is 4.29. The highest BCUT2D eigenvalue weighted by molar-refractivity contribution is 5.81. The first-order valence-corrected chi connectivity index (χ1v) is 5.70. The Labute approximate surface area is 104 Å². The Hall–Kier alpha value is -2.49. The number of phenols is 1. The van der Waals surface area contributed by atoms with E-state index in [1.54, 1.807) is 10.6 Å². The summed E-state index contributed by atoms with van der Waals surface area (Å²) in [6, 6.07) is 13.1. The fourth-order valence-electron chi connectivity index (χ4n) is 2.11. The zero-order chi connectivity index (χ0) is 12.7. The first kappa shape index (κ1) is 10.7. The van der Waals surface area contributed by atoms with Crippen LogP contribution in [0.3, 0.4) is 0 Å². The van der Waals surface area contributed by atoms with E-state index in [0.717, 1.165) is 16.6 Å². The third kappa shape index (κ3) is 1.50. The largest absolute Gasteiger partial charge is 0.506 e. The fourth-order valence-corrected chi connectivity index (χ4v) is 2.11. The van der Waals surface area contributed by atoms with Crippen molar-refractivity contribution in [2.24, 2.45) is 0 Å². The molecule has 2 aromatic carbocycles. The summed E-state index contributed by atoms with van der Waals surface area (Å²) in [5, 5.41) is 9.99. The minimum atomic E-state index is 0.190. The van der Waals surface area contributed by atoms with Crippen molar-refractivity contribution in [3.63, 3.8) is 0 Å². The molecule has 0 bridgehead atoms. The van der Waals surface area contributed by atoms with Gasteiger partial charge in [0, 0.05) is 0 Å². The Bertz CT molecular complexity index is 731. The Morgan fingerprint density at radius 2 is 1.94 bits per heavy atom. The van der Waals surface area contributed by atoms with Crippen LogP contribution in [0, 0.1) is 6.92 Å². The average molecular weight is 239 g/mol. The third-order valence-electron chi connectivity index (χ3n) is 2.96. The Kier molecular flexibility index (Phi) is 2.23. The van der Waals surface area contributed by atoms with Gasteiger partial charge in [0.25, 0.3) is 0 Å². The molecule has 1 aromatic heterocycles. The van der Waals surface area contributed by atoms with Gasteiger partial charge in [0.1, 0.15) is 5.75 Å².